The Kier molecular flexibility index (Phi) is 6.30. The standard InChI is InChI=1S/C24H25FN4O3/c1-15-21(16(2)32-28-15)12-23(30)29-11-3-4-18(14-29)22-10-5-17(13-26-22)24(31)27-20-8-6-19(25)7-9-20/h5-10,13,18H,3-4,11-12,14H2,1-2H3,(H,27,31). The average Bonchev–Trinajstić information content (AvgIpc) is 3.13. The van der Waals surface area contributed by atoms with E-state index in [-0.39, 0.29) is 30.0 Å². The van der Waals surface area contributed by atoms with E-state index in [4.69, 9.17) is 4.52 Å². The number of piperidine rings is 1. The van der Waals surface area contributed by atoms with E-state index < -0.39 is 0 Å². The predicted molar refractivity (Wildman–Crippen MR) is 117 cm³/mol. The lowest BCUT2D eigenvalue weighted by molar-refractivity contribution is -0.131. The smallest absolute Gasteiger partial charge is 0.257 e. The number of hydrogen-bond donors (Lipinski definition) is 1. The van der Waals surface area contributed by atoms with E-state index in [1.54, 1.807) is 12.3 Å². The van der Waals surface area contributed by atoms with Crippen LogP contribution >= 0.6 is 0 Å². The maximum absolute atomic E-state index is 13.0. The van der Waals surface area contributed by atoms with E-state index in [1.165, 1.54) is 24.3 Å². The molecule has 7 nitrogen and oxygen atoms in total. The first kappa shape index (κ1) is 21.7. The normalized spacial score (nSPS) is 16.1. The van der Waals surface area contributed by atoms with Crippen molar-refractivity contribution in [2.75, 3.05) is 18.4 Å². The number of pyridine rings is 1. The number of aryl methyl sites for hydroxylation is 2. The van der Waals surface area contributed by atoms with Crippen molar-refractivity contribution < 1.29 is 18.5 Å². The Hall–Kier alpha value is -3.55. The fraction of sp³-hybridized carbons (Fsp3) is 0.333. The monoisotopic (exact) mass is 436 g/mol. The SMILES string of the molecule is Cc1noc(C)c1CC(=O)N1CCCC(c2ccc(C(=O)Nc3ccc(F)cc3)cn2)C1. The molecule has 0 aliphatic carbocycles. The number of benzene rings is 1. The fourth-order valence-corrected chi connectivity index (χ4v) is 3.98. The van der Waals surface area contributed by atoms with E-state index in [2.05, 4.69) is 15.5 Å². The number of carbonyl (C=O) groups excluding carboxylic acids is 2. The molecule has 1 unspecified atom stereocenters. The second-order valence-corrected chi connectivity index (χ2v) is 8.09. The Bertz CT molecular complexity index is 1090. The quantitative estimate of drug-likeness (QED) is 0.653. The summed E-state index contributed by atoms with van der Waals surface area (Å²) in [5.41, 5.74) is 3.39. The number of hydrogen-bond acceptors (Lipinski definition) is 5. The third-order valence-electron chi connectivity index (χ3n) is 5.85. The Morgan fingerprint density at radius 3 is 2.62 bits per heavy atom. The first-order chi connectivity index (χ1) is 15.4. The molecule has 1 aliphatic rings. The number of nitrogens with one attached hydrogen (secondary N) is 1. The highest BCUT2D eigenvalue weighted by atomic mass is 19.1. The molecule has 0 radical (unpaired) electrons. The third-order valence-corrected chi connectivity index (χ3v) is 5.85. The van der Waals surface area contributed by atoms with Crippen LogP contribution in [0.15, 0.2) is 47.1 Å². The van der Waals surface area contributed by atoms with E-state index in [0.717, 1.165) is 36.3 Å². The van der Waals surface area contributed by atoms with Crippen molar-refractivity contribution >= 4 is 17.5 Å². The van der Waals surface area contributed by atoms with Gasteiger partial charge in [-0.25, -0.2) is 4.39 Å². The van der Waals surface area contributed by atoms with Gasteiger partial charge in [-0.1, -0.05) is 5.16 Å². The van der Waals surface area contributed by atoms with Gasteiger partial charge in [0.05, 0.1) is 17.7 Å². The average molecular weight is 436 g/mol. The Morgan fingerprint density at radius 2 is 1.97 bits per heavy atom. The molecule has 3 aromatic rings. The van der Waals surface area contributed by atoms with E-state index in [1.807, 2.05) is 24.8 Å². The van der Waals surface area contributed by atoms with Crippen molar-refractivity contribution in [2.24, 2.45) is 0 Å². The summed E-state index contributed by atoms with van der Waals surface area (Å²) < 4.78 is 18.2. The molecular weight excluding hydrogens is 411 g/mol. The van der Waals surface area contributed by atoms with Gasteiger partial charge in [0.2, 0.25) is 5.91 Å². The lowest BCUT2D eigenvalue weighted by Crippen LogP contribution is -2.40. The summed E-state index contributed by atoms with van der Waals surface area (Å²) in [6.07, 6.45) is 3.65. The van der Waals surface area contributed by atoms with Gasteiger partial charge in [0, 0.05) is 42.1 Å². The highest BCUT2D eigenvalue weighted by Gasteiger charge is 2.27. The highest BCUT2D eigenvalue weighted by molar-refractivity contribution is 6.04. The molecular formula is C24H25FN4O3. The van der Waals surface area contributed by atoms with E-state index >= 15 is 0 Å². The first-order valence-electron chi connectivity index (χ1n) is 10.6. The van der Waals surface area contributed by atoms with Crippen LogP contribution in [0.3, 0.4) is 0 Å². The number of likely N-dealkylation sites (tertiary alicyclic amines) is 1. The predicted octanol–water partition coefficient (Wildman–Crippen LogP) is 4.03. The Morgan fingerprint density at radius 1 is 1.19 bits per heavy atom. The summed E-state index contributed by atoms with van der Waals surface area (Å²) in [6, 6.07) is 9.16. The summed E-state index contributed by atoms with van der Waals surface area (Å²) in [4.78, 5) is 31.6. The maximum Gasteiger partial charge on any atom is 0.257 e. The maximum atomic E-state index is 13.0. The van der Waals surface area contributed by atoms with Crippen molar-refractivity contribution in [1.29, 1.82) is 0 Å². The molecule has 2 amide bonds. The van der Waals surface area contributed by atoms with Crippen molar-refractivity contribution in [2.45, 2.75) is 39.0 Å². The van der Waals surface area contributed by atoms with Crippen LogP contribution in [0.5, 0.6) is 0 Å². The molecule has 1 atom stereocenters. The zero-order valence-corrected chi connectivity index (χ0v) is 18.1. The van der Waals surface area contributed by atoms with Crippen LogP contribution in [0.4, 0.5) is 10.1 Å². The zero-order chi connectivity index (χ0) is 22.7. The summed E-state index contributed by atoms with van der Waals surface area (Å²) >= 11 is 0. The van der Waals surface area contributed by atoms with Gasteiger partial charge in [-0.2, -0.15) is 0 Å². The molecule has 8 heteroatoms. The second kappa shape index (κ2) is 9.30. The van der Waals surface area contributed by atoms with Gasteiger partial charge in [-0.15, -0.1) is 0 Å². The molecule has 1 aliphatic heterocycles. The number of halogens is 1. The summed E-state index contributed by atoms with van der Waals surface area (Å²) in [5, 5.41) is 6.65. The van der Waals surface area contributed by atoms with Crippen LogP contribution in [-0.4, -0.2) is 39.9 Å². The molecule has 0 bridgehead atoms. The molecule has 2 aromatic heterocycles. The van der Waals surface area contributed by atoms with Crippen molar-refractivity contribution in [3.63, 3.8) is 0 Å². The van der Waals surface area contributed by atoms with Crippen molar-refractivity contribution in [3.05, 3.63) is 76.7 Å². The number of aromatic nitrogens is 2. The fourth-order valence-electron chi connectivity index (χ4n) is 3.98. The van der Waals surface area contributed by atoms with Gasteiger partial charge in [-0.3, -0.25) is 14.6 Å². The van der Waals surface area contributed by atoms with Crippen LogP contribution in [0.2, 0.25) is 0 Å². The molecule has 4 rings (SSSR count). The minimum atomic E-state index is -0.360. The Labute approximate surface area is 185 Å². The molecule has 1 saturated heterocycles. The summed E-state index contributed by atoms with van der Waals surface area (Å²) in [7, 11) is 0. The molecule has 1 fully saturated rings. The van der Waals surface area contributed by atoms with Crippen LogP contribution in [-0.2, 0) is 11.2 Å². The van der Waals surface area contributed by atoms with Gasteiger partial charge < -0.3 is 14.7 Å². The van der Waals surface area contributed by atoms with Gasteiger partial charge >= 0.3 is 0 Å². The minimum Gasteiger partial charge on any atom is -0.361 e. The molecule has 3 heterocycles. The van der Waals surface area contributed by atoms with E-state index in [0.29, 0.717) is 23.6 Å². The third kappa shape index (κ3) is 4.85. The van der Waals surface area contributed by atoms with Gasteiger partial charge in [-0.05, 0) is 63.1 Å². The minimum absolute atomic E-state index is 0.0550. The number of carbonyl (C=O) groups is 2. The van der Waals surface area contributed by atoms with Gasteiger partial charge in [0.1, 0.15) is 11.6 Å². The molecule has 0 saturated carbocycles. The molecule has 1 N–H and O–H groups in total. The lowest BCUT2D eigenvalue weighted by Gasteiger charge is -2.32. The number of rotatable bonds is 5. The lowest BCUT2D eigenvalue weighted by atomic mass is 9.93. The molecule has 166 valence electrons. The topological polar surface area (TPSA) is 88.3 Å². The number of amides is 2. The number of nitrogens with zero attached hydrogens (tertiary/aromatic N) is 3. The molecule has 32 heavy (non-hydrogen) atoms. The summed E-state index contributed by atoms with van der Waals surface area (Å²) in [5.74, 6) is 0.183. The zero-order valence-electron chi connectivity index (χ0n) is 18.1. The van der Waals surface area contributed by atoms with E-state index in [9.17, 15) is 14.0 Å². The van der Waals surface area contributed by atoms with Crippen LogP contribution < -0.4 is 5.32 Å². The van der Waals surface area contributed by atoms with Gasteiger partial charge in [0.15, 0.2) is 0 Å². The highest BCUT2D eigenvalue weighted by Crippen LogP contribution is 2.27. The van der Waals surface area contributed by atoms with Crippen LogP contribution in [0.1, 0.15) is 51.8 Å². The van der Waals surface area contributed by atoms with Crippen molar-refractivity contribution in [3.8, 4) is 0 Å². The summed E-state index contributed by atoms with van der Waals surface area (Å²) in [6.45, 7) is 4.97. The Balaban J connectivity index is 1.38. The van der Waals surface area contributed by atoms with Crippen LogP contribution in [0, 0.1) is 19.7 Å². The van der Waals surface area contributed by atoms with Crippen LogP contribution in [0.25, 0.3) is 0 Å². The largest absolute Gasteiger partial charge is 0.361 e. The second-order valence-electron chi connectivity index (χ2n) is 8.09. The van der Waals surface area contributed by atoms with Crippen molar-refractivity contribution in [1.82, 2.24) is 15.0 Å². The number of anilines is 1. The van der Waals surface area contributed by atoms with Gasteiger partial charge in [0.25, 0.3) is 5.91 Å². The molecule has 0 spiro atoms. The molecule has 1 aromatic carbocycles. The first-order valence-corrected chi connectivity index (χ1v) is 10.6.